The molecule has 0 aliphatic carbocycles. The number of nitrogens with two attached hydrogens (primary N) is 1. The predicted molar refractivity (Wildman–Crippen MR) is 55.9 cm³/mol. The molecule has 0 fully saturated rings. The van der Waals surface area contributed by atoms with Crippen molar-refractivity contribution in [2.24, 2.45) is 5.14 Å². The van der Waals surface area contributed by atoms with Crippen LogP contribution in [0.25, 0.3) is 0 Å². The van der Waals surface area contributed by atoms with Gasteiger partial charge in [-0.25, -0.2) is 13.6 Å². The largest absolute Gasteiger partial charge is 0.280 e. The van der Waals surface area contributed by atoms with E-state index in [9.17, 15) is 28.6 Å². The number of primary sulfonamides is 1. The van der Waals surface area contributed by atoms with Crippen LogP contribution in [0.15, 0.2) is 17.0 Å². The molecule has 0 saturated heterocycles. The molecule has 0 aliphatic heterocycles. The van der Waals surface area contributed by atoms with Gasteiger partial charge in [0.25, 0.3) is 11.4 Å². The SMILES string of the molecule is Cc1c([N+](=O)[O-])cc([N+](=O)[O-])cc1S(N)(=O)=O. The quantitative estimate of drug-likeness (QED) is 0.617. The lowest BCUT2D eigenvalue weighted by Gasteiger charge is -2.03. The first kappa shape index (κ1) is 13.0. The number of nitro benzene ring substituents is 2. The first-order valence-electron chi connectivity index (χ1n) is 4.11. The minimum atomic E-state index is -4.25. The molecule has 0 spiro atoms. The van der Waals surface area contributed by atoms with E-state index >= 15 is 0 Å². The molecule has 1 aromatic rings. The van der Waals surface area contributed by atoms with Gasteiger partial charge in [0.05, 0.1) is 20.8 Å². The van der Waals surface area contributed by atoms with Crippen molar-refractivity contribution < 1.29 is 18.3 Å². The number of non-ortho nitro benzene ring substituents is 1. The fraction of sp³-hybridized carbons (Fsp3) is 0.143. The van der Waals surface area contributed by atoms with Crippen LogP contribution >= 0.6 is 0 Å². The predicted octanol–water partition coefficient (Wildman–Crippen LogP) is 0.459. The summed E-state index contributed by atoms with van der Waals surface area (Å²) in [5.41, 5.74) is -1.60. The average Bonchev–Trinajstić information content (AvgIpc) is 2.15. The van der Waals surface area contributed by atoms with Gasteiger partial charge in [-0.15, -0.1) is 0 Å². The summed E-state index contributed by atoms with van der Waals surface area (Å²) in [7, 11) is -4.25. The Kier molecular flexibility index (Phi) is 3.11. The van der Waals surface area contributed by atoms with Crippen LogP contribution in [0.5, 0.6) is 0 Å². The molecule has 0 aromatic heterocycles. The Labute approximate surface area is 95.2 Å². The number of benzene rings is 1. The van der Waals surface area contributed by atoms with Crippen molar-refractivity contribution in [2.75, 3.05) is 0 Å². The monoisotopic (exact) mass is 261 g/mol. The highest BCUT2D eigenvalue weighted by molar-refractivity contribution is 7.89. The van der Waals surface area contributed by atoms with E-state index in [4.69, 9.17) is 5.14 Å². The minimum absolute atomic E-state index is 0.233. The van der Waals surface area contributed by atoms with Crippen LogP contribution in [0.1, 0.15) is 5.56 Å². The number of hydrogen-bond acceptors (Lipinski definition) is 6. The van der Waals surface area contributed by atoms with Crippen LogP contribution in [0.2, 0.25) is 0 Å². The van der Waals surface area contributed by atoms with Gasteiger partial charge in [-0.1, -0.05) is 0 Å². The second-order valence-electron chi connectivity index (χ2n) is 3.15. The highest BCUT2D eigenvalue weighted by Gasteiger charge is 2.26. The summed E-state index contributed by atoms with van der Waals surface area (Å²) in [6, 6.07) is 1.38. The molecule has 0 aliphatic rings. The summed E-state index contributed by atoms with van der Waals surface area (Å²) in [6.45, 7) is 1.15. The van der Waals surface area contributed by atoms with Crippen molar-refractivity contribution in [3.8, 4) is 0 Å². The molecule has 0 radical (unpaired) electrons. The number of nitrogens with zero attached hydrogens (tertiary/aromatic N) is 2. The Morgan fingerprint density at radius 1 is 1.18 bits per heavy atom. The molecule has 9 nitrogen and oxygen atoms in total. The lowest BCUT2D eigenvalue weighted by atomic mass is 10.2. The normalized spacial score (nSPS) is 11.2. The highest BCUT2D eigenvalue weighted by Crippen LogP contribution is 2.29. The second kappa shape index (κ2) is 4.07. The van der Waals surface area contributed by atoms with Gasteiger partial charge in [0.15, 0.2) is 0 Å². The van der Waals surface area contributed by atoms with E-state index in [2.05, 4.69) is 0 Å². The Balaban J connectivity index is 3.73. The lowest BCUT2D eigenvalue weighted by molar-refractivity contribution is -0.394. The fourth-order valence-corrected chi connectivity index (χ4v) is 2.07. The molecule has 0 saturated carbocycles. The average molecular weight is 261 g/mol. The fourth-order valence-electron chi connectivity index (χ4n) is 1.25. The Morgan fingerprint density at radius 2 is 1.71 bits per heavy atom. The van der Waals surface area contributed by atoms with Gasteiger partial charge < -0.3 is 0 Å². The minimum Gasteiger partial charge on any atom is -0.258 e. The van der Waals surface area contributed by atoms with Crippen molar-refractivity contribution >= 4 is 21.4 Å². The smallest absolute Gasteiger partial charge is 0.258 e. The molecule has 0 atom stereocenters. The second-order valence-corrected chi connectivity index (χ2v) is 4.68. The van der Waals surface area contributed by atoms with Gasteiger partial charge >= 0.3 is 0 Å². The third-order valence-electron chi connectivity index (χ3n) is 2.03. The van der Waals surface area contributed by atoms with Crippen LogP contribution in [0, 0.1) is 27.2 Å². The van der Waals surface area contributed by atoms with E-state index in [1.165, 1.54) is 0 Å². The van der Waals surface area contributed by atoms with Crippen LogP contribution in [-0.4, -0.2) is 18.3 Å². The Hall–Kier alpha value is -2.07. The van der Waals surface area contributed by atoms with E-state index < -0.39 is 36.1 Å². The number of hydrogen-bond donors (Lipinski definition) is 1. The molecule has 1 aromatic carbocycles. The summed E-state index contributed by atoms with van der Waals surface area (Å²) in [6.07, 6.45) is 0. The maximum Gasteiger partial charge on any atom is 0.280 e. The first-order valence-corrected chi connectivity index (χ1v) is 5.65. The van der Waals surface area contributed by atoms with Crippen LogP contribution in [0.3, 0.4) is 0 Å². The zero-order valence-corrected chi connectivity index (χ0v) is 9.30. The van der Waals surface area contributed by atoms with E-state index in [1.54, 1.807) is 0 Å². The van der Waals surface area contributed by atoms with Crippen LogP contribution in [0.4, 0.5) is 11.4 Å². The summed E-state index contributed by atoms with van der Waals surface area (Å²) in [5, 5.41) is 26.0. The topological polar surface area (TPSA) is 146 Å². The Morgan fingerprint density at radius 3 is 2.06 bits per heavy atom. The van der Waals surface area contributed by atoms with E-state index in [-0.39, 0.29) is 5.56 Å². The van der Waals surface area contributed by atoms with E-state index in [0.717, 1.165) is 6.92 Å². The summed E-state index contributed by atoms with van der Waals surface area (Å²) >= 11 is 0. The molecular weight excluding hydrogens is 254 g/mol. The Bertz CT molecular complexity index is 608. The van der Waals surface area contributed by atoms with Crippen LogP contribution < -0.4 is 5.14 Å². The van der Waals surface area contributed by atoms with Gasteiger partial charge in [0.1, 0.15) is 0 Å². The van der Waals surface area contributed by atoms with Crippen molar-refractivity contribution in [1.29, 1.82) is 0 Å². The van der Waals surface area contributed by atoms with Crippen molar-refractivity contribution in [3.05, 3.63) is 37.9 Å². The zero-order valence-electron chi connectivity index (χ0n) is 8.48. The number of nitro groups is 2. The van der Waals surface area contributed by atoms with Crippen molar-refractivity contribution in [3.63, 3.8) is 0 Å². The summed E-state index contributed by atoms with van der Waals surface area (Å²) in [5.74, 6) is 0. The molecule has 0 unspecified atom stereocenters. The molecule has 0 bridgehead atoms. The van der Waals surface area contributed by atoms with Crippen molar-refractivity contribution in [1.82, 2.24) is 0 Å². The third kappa shape index (κ3) is 2.54. The first-order chi connectivity index (χ1) is 7.64. The van der Waals surface area contributed by atoms with E-state index in [1.807, 2.05) is 0 Å². The molecular formula is C7H7N3O6S. The molecule has 92 valence electrons. The lowest BCUT2D eigenvalue weighted by Crippen LogP contribution is -2.15. The molecule has 0 amide bonds. The third-order valence-corrected chi connectivity index (χ3v) is 3.07. The standard InChI is InChI=1S/C7H7N3O6S/c1-4-6(10(13)14)2-5(9(11)12)3-7(4)17(8,15)16/h2-3H,1H3,(H2,8,15,16). The van der Waals surface area contributed by atoms with Gasteiger partial charge in [0.2, 0.25) is 10.0 Å². The van der Waals surface area contributed by atoms with Crippen LogP contribution in [-0.2, 0) is 10.0 Å². The summed E-state index contributed by atoms with van der Waals surface area (Å²) < 4.78 is 22.3. The maximum absolute atomic E-state index is 11.1. The molecule has 2 N–H and O–H groups in total. The highest BCUT2D eigenvalue weighted by atomic mass is 32.2. The maximum atomic E-state index is 11.1. The van der Waals surface area contributed by atoms with E-state index in [0.29, 0.717) is 12.1 Å². The van der Waals surface area contributed by atoms with Gasteiger partial charge in [-0.3, -0.25) is 20.2 Å². The number of rotatable bonds is 3. The van der Waals surface area contributed by atoms with Gasteiger partial charge in [-0.2, -0.15) is 0 Å². The molecule has 0 heterocycles. The van der Waals surface area contributed by atoms with Gasteiger partial charge in [0, 0.05) is 11.6 Å². The number of sulfonamides is 1. The zero-order chi connectivity index (χ0) is 13.4. The summed E-state index contributed by atoms with van der Waals surface area (Å²) in [4.78, 5) is 18.7. The molecule has 1 rings (SSSR count). The molecule has 10 heteroatoms. The van der Waals surface area contributed by atoms with Crippen molar-refractivity contribution in [2.45, 2.75) is 11.8 Å². The molecule has 17 heavy (non-hydrogen) atoms. The van der Waals surface area contributed by atoms with Gasteiger partial charge in [-0.05, 0) is 6.92 Å².